The Balaban J connectivity index is 1.51. The molecule has 1 fully saturated rings. The lowest BCUT2D eigenvalue weighted by molar-refractivity contribution is -0.127. The molecule has 0 radical (unpaired) electrons. The molecule has 0 bridgehead atoms. The van der Waals surface area contributed by atoms with E-state index in [-0.39, 0.29) is 11.9 Å². The average Bonchev–Trinajstić information content (AvgIpc) is 3.16. The number of urea groups is 1. The molecule has 0 spiro atoms. The number of nitrogens with zero attached hydrogens (tertiary/aromatic N) is 3. The van der Waals surface area contributed by atoms with Gasteiger partial charge in [0.05, 0.1) is 0 Å². The first-order valence-electron chi connectivity index (χ1n) is 12.2. The van der Waals surface area contributed by atoms with Crippen LogP contribution < -0.4 is 5.32 Å². The quantitative estimate of drug-likeness (QED) is 0.421. The number of carbonyl (C=O) groups excluding carboxylic acids is 2. The lowest BCUT2D eigenvalue weighted by Crippen LogP contribution is -2.63. The zero-order valence-electron chi connectivity index (χ0n) is 19.6. The molecule has 0 aromatic heterocycles. The van der Waals surface area contributed by atoms with Crippen molar-refractivity contribution in [1.82, 2.24) is 15.1 Å². The number of fused-ring (bicyclic) bond motifs is 1. The van der Waals surface area contributed by atoms with E-state index >= 15 is 0 Å². The Morgan fingerprint density at radius 3 is 2.38 bits per heavy atom. The van der Waals surface area contributed by atoms with E-state index in [0.717, 1.165) is 36.7 Å². The number of imide groups is 1. The minimum atomic E-state index is -0.422. The Hall–Kier alpha value is -2.02. The Labute approximate surface area is 197 Å². The molecule has 2 unspecified atom stereocenters. The molecule has 3 rings (SSSR count). The van der Waals surface area contributed by atoms with Crippen LogP contribution in [0, 0.1) is 0 Å². The number of aryl methyl sites for hydroxylation is 1. The van der Waals surface area contributed by atoms with E-state index in [9.17, 15) is 9.59 Å². The molecule has 0 aliphatic carbocycles. The zero-order valence-corrected chi connectivity index (χ0v) is 20.4. The fourth-order valence-electron chi connectivity index (χ4n) is 4.35. The maximum Gasteiger partial charge on any atom is 0.325 e. The summed E-state index contributed by atoms with van der Waals surface area (Å²) in [4.78, 5) is 33.2. The van der Waals surface area contributed by atoms with Crippen molar-refractivity contribution in [2.75, 3.05) is 19.3 Å². The number of hydrogen-bond donors (Lipinski definition) is 1. The van der Waals surface area contributed by atoms with Crippen LogP contribution in [0.4, 0.5) is 4.79 Å². The van der Waals surface area contributed by atoms with Crippen LogP contribution in [-0.4, -0.2) is 58.5 Å². The molecule has 2 aliphatic heterocycles. The van der Waals surface area contributed by atoms with Crippen molar-refractivity contribution in [3.05, 3.63) is 35.9 Å². The standard InChI is InChI=1S/C25H38N4O2S/c1-3-4-5-6-7-8-9-13-19-32-25-26-22-21(23(30)27-24(31)28(22)2)29(25)18-14-17-20-15-11-10-12-16-20/h10-12,15-16,21-22H,3-9,13-14,17-19H2,1-2H3,(H,27,30,31). The molecule has 1 N–H and O–H groups in total. The van der Waals surface area contributed by atoms with Gasteiger partial charge < -0.3 is 9.80 Å². The van der Waals surface area contributed by atoms with Crippen LogP contribution in [0.1, 0.15) is 70.3 Å². The number of likely N-dealkylation sites (N-methyl/N-ethyl adjacent to an activating group) is 1. The van der Waals surface area contributed by atoms with E-state index in [2.05, 4.69) is 41.4 Å². The van der Waals surface area contributed by atoms with Crippen molar-refractivity contribution < 1.29 is 9.59 Å². The Morgan fingerprint density at radius 2 is 1.66 bits per heavy atom. The number of amides is 3. The highest BCUT2D eigenvalue weighted by atomic mass is 32.2. The highest BCUT2D eigenvalue weighted by molar-refractivity contribution is 8.13. The lowest BCUT2D eigenvalue weighted by atomic mass is 10.1. The van der Waals surface area contributed by atoms with Crippen LogP contribution >= 0.6 is 11.8 Å². The first-order valence-corrected chi connectivity index (χ1v) is 13.2. The van der Waals surface area contributed by atoms with E-state index in [4.69, 9.17) is 4.99 Å². The number of rotatable bonds is 13. The number of carbonyl (C=O) groups is 2. The maximum atomic E-state index is 12.7. The summed E-state index contributed by atoms with van der Waals surface area (Å²) in [6, 6.07) is 9.64. The number of aliphatic imine (C=N–C) groups is 1. The van der Waals surface area contributed by atoms with Crippen LogP contribution in [0.25, 0.3) is 0 Å². The number of amidine groups is 1. The van der Waals surface area contributed by atoms with Gasteiger partial charge in [-0.1, -0.05) is 94.0 Å². The maximum absolute atomic E-state index is 12.7. The molecular formula is C25H38N4O2S. The van der Waals surface area contributed by atoms with Crippen molar-refractivity contribution in [3.8, 4) is 0 Å². The molecule has 0 saturated carbocycles. The monoisotopic (exact) mass is 458 g/mol. The minimum Gasteiger partial charge on any atom is -0.336 e. The van der Waals surface area contributed by atoms with Crippen molar-refractivity contribution in [2.45, 2.75) is 83.3 Å². The Bertz CT molecular complexity index is 770. The molecule has 1 saturated heterocycles. The van der Waals surface area contributed by atoms with Crippen molar-refractivity contribution in [2.24, 2.45) is 4.99 Å². The van der Waals surface area contributed by atoms with Gasteiger partial charge in [-0.15, -0.1) is 0 Å². The van der Waals surface area contributed by atoms with Gasteiger partial charge in [0, 0.05) is 19.3 Å². The molecule has 1 aromatic carbocycles. The predicted octanol–water partition coefficient (Wildman–Crippen LogP) is 5.04. The summed E-state index contributed by atoms with van der Waals surface area (Å²) in [6.45, 7) is 3.01. The topological polar surface area (TPSA) is 65.0 Å². The number of benzene rings is 1. The second-order valence-corrected chi connectivity index (χ2v) is 9.84. The van der Waals surface area contributed by atoms with Crippen molar-refractivity contribution in [1.29, 1.82) is 0 Å². The van der Waals surface area contributed by atoms with E-state index in [1.807, 2.05) is 6.07 Å². The zero-order chi connectivity index (χ0) is 22.8. The highest BCUT2D eigenvalue weighted by Gasteiger charge is 2.48. The third-order valence-electron chi connectivity index (χ3n) is 6.26. The molecule has 7 heteroatoms. The van der Waals surface area contributed by atoms with E-state index in [1.54, 1.807) is 23.7 Å². The fraction of sp³-hybridized carbons (Fsp3) is 0.640. The van der Waals surface area contributed by atoms with Crippen LogP contribution in [0.2, 0.25) is 0 Å². The van der Waals surface area contributed by atoms with Crippen LogP contribution in [0.3, 0.4) is 0 Å². The smallest absolute Gasteiger partial charge is 0.325 e. The van der Waals surface area contributed by atoms with Gasteiger partial charge in [0.15, 0.2) is 17.4 Å². The largest absolute Gasteiger partial charge is 0.336 e. The molecular weight excluding hydrogens is 420 g/mol. The second kappa shape index (κ2) is 12.9. The summed E-state index contributed by atoms with van der Waals surface area (Å²) >= 11 is 1.74. The number of thioether (sulfide) groups is 1. The van der Waals surface area contributed by atoms with Gasteiger partial charge in [0.25, 0.3) is 5.91 Å². The minimum absolute atomic E-state index is 0.232. The number of unbranched alkanes of at least 4 members (excludes halogenated alkanes) is 7. The molecule has 32 heavy (non-hydrogen) atoms. The van der Waals surface area contributed by atoms with E-state index in [1.165, 1.54) is 50.5 Å². The van der Waals surface area contributed by atoms with Crippen LogP contribution in [0.15, 0.2) is 35.3 Å². The van der Waals surface area contributed by atoms with Gasteiger partial charge in [0.2, 0.25) is 0 Å². The summed E-state index contributed by atoms with van der Waals surface area (Å²) < 4.78 is 0. The summed E-state index contributed by atoms with van der Waals surface area (Å²) in [5.41, 5.74) is 1.30. The van der Waals surface area contributed by atoms with E-state index in [0.29, 0.717) is 0 Å². The van der Waals surface area contributed by atoms with Gasteiger partial charge in [-0.3, -0.25) is 10.1 Å². The predicted molar refractivity (Wildman–Crippen MR) is 133 cm³/mol. The molecule has 2 atom stereocenters. The Morgan fingerprint density at radius 1 is 0.969 bits per heavy atom. The van der Waals surface area contributed by atoms with Crippen LogP contribution in [-0.2, 0) is 11.2 Å². The average molecular weight is 459 g/mol. The fourth-order valence-corrected chi connectivity index (χ4v) is 5.44. The summed E-state index contributed by atoms with van der Waals surface area (Å²) in [6.07, 6.45) is 11.8. The van der Waals surface area contributed by atoms with Crippen molar-refractivity contribution >= 4 is 28.9 Å². The summed E-state index contributed by atoms with van der Waals surface area (Å²) in [5.74, 6) is 0.770. The third kappa shape index (κ3) is 6.74. The molecule has 1 aromatic rings. The highest BCUT2D eigenvalue weighted by Crippen LogP contribution is 2.29. The molecule has 3 amide bonds. The van der Waals surface area contributed by atoms with Gasteiger partial charge in [0.1, 0.15) is 0 Å². The molecule has 2 aliphatic rings. The second-order valence-electron chi connectivity index (χ2n) is 8.78. The molecule has 176 valence electrons. The molecule has 2 heterocycles. The first kappa shape index (κ1) is 24.6. The summed E-state index contributed by atoms with van der Waals surface area (Å²) in [5, 5.41) is 3.40. The molecule has 6 nitrogen and oxygen atoms in total. The van der Waals surface area contributed by atoms with Gasteiger partial charge in [-0.2, -0.15) is 0 Å². The number of nitrogens with one attached hydrogen (secondary N) is 1. The Kier molecular flexibility index (Phi) is 9.90. The van der Waals surface area contributed by atoms with E-state index < -0.39 is 12.2 Å². The van der Waals surface area contributed by atoms with Crippen LogP contribution in [0.5, 0.6) is 0 Å². The normalized spacial score (nSPS) is 20.4. The summed E-state index contributed by atoms with van der Waals surface area (Å²) in [7, 11) is 1.72. The lowest BCUT2D eigenvalue weighted by Gasteiger charge is -2.36. The number of hydrogen-bond acceptors (Lipinski definition) is 5. The SMILES string of the molecule is CCCCCCCCCCSC1=NC2C(C(=O)NC(=O)N2C)N1CCCc1ccccc1. The van der Waals surface area contributed by atoms with Gasteiger partial charge in [-0.05, 0) is 24.8 Å². The van der Waals surface area contributed by atoms with Crippen molar-refractivity contribution in [3.63, 3.8) is 0 Å². The van der Waals surface area contributed by atoms with Gasteiger partial charge >= 0.3 is 6.03 Å². The first-order chi connectivity index (χ1) is 15.6. The van der Waals surface area contributed by atoms with Gasteiger partial charge in [-0.25, -0.2) is 9.79 Å². The third-order valence-corrected chi connectivity index (χ3v) is 7.35.